The fourth-order valence-corrected chi connectivity index (χ4v) is 3.48. The third-order valence-electron chi connectivity index (χ3n) is 4.76. The molecule has 0 aromatic heterocycles. The van der Waals surface area contributed by atoms with Crippen LogP contribution < -0.4 is 5.32 Å². The number of hydrogen-bond donors (Lipinski definition) is 1. The third kappa shape index (κ3) is 2.31. The number of carbonyl (C=O) groups excluding carboxylic acids is 1. The van der Waals surface area contributed by atoms with Gasteiger partial charge < -0.3 is 5.32 Å². The molecule has 1 aliphatic heterocycles. The highest BCUT2D eigenvalue weighted by molar-refractivity contribution is 6.13. The molecule has 0 amide bonds. The van der Waals surface area contributed by atoms with Crippen LogP contribution in [0.3, 0.4) is 0 Å². The molecular formula is C22H19NO. The van der Waals surface area contributed by atoms with Crippen molar-refractivity contribution in [3.05, 3.63) is 101 Å². The lowest BCUT2D eigenvalue weighted by Gasteiger charge is -2.29. The van der Waals surface area contributed by atoms with E-state index in [1.807, 2.05) is 42.5 Å². The molecule has 1 unspecified atom stereocenters. The van der Waals surface area contributed by atoms with Crippen molar-refractivity contribution in [3.63, 3.8) is 0 Å². The molecule has 0 spiro atoms. The number of ketones is 1. The average molecular weight is 313 g/mol. The van der Waals surface area contributed by atoms with Crippen LogP contribution in [0, 0.1) is 6.92 Å². The maximum absolute atomic E-state index is 13.3. The highest BCUT2D eigenvalue weighted by Crippen LogP contribution is 2.41. The van der Waals surface area contributed by atoms with E-state index in [2.05, 4.69) is 48.6 Å². The van der Waals surface area contributed by atoms with Gasteiger partial charge >= 0.3 is 0 Å². The summed E-state index contributed by atoms with van der Waals surface area (Å²) in [6, 6.07) is 26.2. The summed E-state index contributed by atoms with van der Waals surface area (Å²) in [5.41, 5.74) is 4.30. The van der Waals surface area contributed by atoms with Crippen molar-refractivity contribution in [1.82, 2.24) is 0 Å². The van der Waals surface area contributed by atoms with E-state index >= 15 is 0 Å². The van der Waals surface area contributed by atoms with Gasteiger partial charge in [-0.05, 0) is 30.2 Å². The summed E-state index contributed by atoms with van der Waals surface area (Å²) in [6.45, 7) is 2.06. The van der Waals surface area contributed by atoms with E-state index in [4.69, 9.17) is 0 Å². The first kappa shape index (κ1) is 14.7. The molecule has 0 aliphatic carbocycles. The maximum Gasteiger partial charge on any atom is 0.195 e. The number of aryl methyl sites for hydroxylation is 1. The van der Waals surface area contributed by atoms with Gasteiger partial charge in [-0.3, -0.25) is 4.79 Å². The fraction of sp³-hybridized carbons (Fsp3) is 0.136. The number of anilines is 1. The first-order chi connectivity index (χ1) is 11.7. The quantitative estimate of drug-likeness (QED) is 0.756. The minimum atomic E-state index is -0.737. The smallest absolute Gasteiger partial charge is 0.195 e. The van der Waals surface area contributed by atoms with Gasteiger partial charge in [0.2, 0.25) is 0 Å². The third-order valence-corrected chi connectivity index (χ3v) is 4.76. The van der Waals surface area contributed by atoms with Crippen molar-refractivity contribution in [2.45, 2.75) is 18.9 Å². The Balaban J connectivity index is 1.85. The number of nitrogens with one attached hydrogen (secondary N) is 1. The van der Waals surface area contributed by atoms with Gasteiger partial charge in [-0.15, -0.1) is 0 Å². The molecule has 0 bridgehead atoms. The zero-order valence-corrected chi connectivity index (χ0v) is 13.6. The van der Waals surface area contributed by atoms with Crippen LogP contribution >= 0.6 is 0 Å². The number of para-hydroxylation sites is 1. The summed E-state index contributed by atoms with van der Waals surface area (Å²) in [6.07, 6.45) is 0.629. The standard InChI is InChI=1S/C22H19NO/c1-16-11-13-18(14-12-16)22(15-17-7-3-2-4-8-17)21(24)19-9-5-6-10-20(19)23-22/h2-14,23H,15H2,1H3. The lowest BCUT2D eigenvalue weighted by molar-refractivity contribution is 0.0916. The molecule has 118 valence electrons. The van der Waals surface area contributed by atoms with Gasteiger partial charge in [0.15, 0.2) is 5.78 Å². The number of rotatable bonds is 3. The second-order valence-electron chi connectivity index (χ2n) is 6.43. The van der Waals surface area contributed by atoms with Crippen LogP contribution in [0.5, 0.6) is 0 Å². The minimum absolute atomic E-state index is 0.144. The maximum atomic E-state index is 13.3. The van der Waals surface area contributed by atoms with Crippen molar-refractivity contribution >= 4 is 11.5 Å². The highest BCUT2D eigenvalue weighted by Gasteiger charge is 2.46. The van der Waals surface area contributed by atoms with Crippen molar-refractivity contribution in [1.29, 1.82) is 0 Å². The second-order valence-corrected chi connectivity index (χ2v) is 6.43. The van der Waals surface area contributed by atoms with E-state index in [1.54, 1.807) is 0 Å². The van der Waals surface area contributed by atoms with Crippen LogP contribution in [-0.2, 0) is 12.0 Å². The summed E-state index contributed by atoms with van der Waals surface area (Å²) >= 11 is 0. The summed E-state index contributed by atoms with van der Waals surface area (Å²) in [7, 11) is 0. The van der Waals surface area contributed by atoms with Crippen LogP contribution in [0.15, 0.2) is 78.9 Å². The Morgan fingerprint density at radius 1 is 0.833 bits per heavy atom. The zero-order valence-electron chi connectivity index (χ0n) is 13.6. The topological polar surface area (TPSA) is 29.1 Å². The zero-order chi connectivity index (χ0) is 16.6. The molecule has 1 heterocycles. The first-order valence-electron chi connectivity index (χ1n) is 8.22. The van der Waals surface area contributed by atoms with Crippen LogP contribution in [0.2, 0.25) is 0 Å². The van der Waals surface area contributed by atoms with Crippen molar-refractivity contribution in [2.75, 3.05) is 5.32 Å². The van der Waals surface area contributed by atoms with E-state index < -0.39 is 5.54 Å². The molecule has 3 aromatic carbocycles. The van der Waals surface area contributed by atoms with E-state index in [-0.39, 0.29) is 5.78 Å². The highest BCUT2D eigenvalue weighted by atomic mass is 16.1. The molecule has 1 N–H and O–H groups in total. The summed E-state index contributed by atoms with van der Waals surface area (Å²) < 4.78 is 0. The Labute approximate surface area is 142 Å². The molecule has 24 heavy (non-hydrogen) atoms. The number of hydrogen-bond acceptors (Lipinski definition) is 2. The van der Waals surface area contributed by atoms with Gasteiger partial charge in [-0.1, -0.05) is 72.3 Å². The Morgan fingerprint density at radius 3 is 2.21 bits per heavy atom. The Kier molecular flexibility index (Phi) is 3.46. The van der Waals surface area contributed by atoms with Gasteiger partial charge in [0, 0.05) is 17.7 Å². The van der Waals surface area contributed by atoms with E-state index in [9.17, 15) is 4.79 Å². The molecule has 0 saturated heterocycles. The monoisotopic (exact) mass is 313 g/mol. The molecular weight excluding hydrogens is 294 g/mol. The van der Waals surface area contributed by atoms with E-state index in [1.165, 1.54) is 5.56 Å². The van der Waals surface area contributed by atoms with Crippen LogP contribution in [0.4, 0.5) is 5.69 Å². The van der Waals surface area contributed by atoms with E-state index in [0.29, 0.717) is 6.42 Å². The van der Waals surface area contributed by atoms with Gasteiger partial charge in [-0.2, -0.15) is 0 Å². The molecule has 3 aromatic rings. The van der Waals surface area contributed by atoms with Crippen molar-refractivity contribution in [2.24, 2.45) is 0 Å². The Morgan fingerprint density at radius 2 is 1.50 bits per heavy atom. The van der Waals surface area contributed by atoms with Crippen molar-refractivity contribution in [3.8, 4) is 0 Å². The van der Waals surface area contributed by atoms with Crippen LogP contribution in [0.1, 0.15) is 27.0 Å². The van der Waals surface area contributed by atoms with Crippen LogP contribution in [0.25, 0.3) is 0 Å². The summed E-state index contributed by atoms with van der Waals surface area (Å²) in [5, 5.41) is 3.53. The predicted octanol–water partition coefficient (Wildman–Crippen LogP) is 4.74. The number of benzene rings is 3. The minimum Gasteiger partial charge on any atom is -0.368 e. The molecule has 2 heteroatoms. The van der Waals surface area contributed by atoms with Crippen LogP contribution in [-0.4, -0.2) is 5.78 Å². The van der Waals surface area contributed by atoms with Crippen molar-refractivity contribution < 1.29 is 4.79 Å². The molecule has 0 fully saturated rings. The molecule has 4 rings (SSSR count). The normalized spacial score (nSPS) is 19.0. The number of fused-ring (bicyclic) bond motifs is 1. The van der Waals surface area contributed by atoms with E-state index in [0.717, 1.165) is 22.4 Å². The van der Waals surface area contributed by atoms with Gasteiger partial charge in [0.05, 0.1) is 0 Å². The summed E-state index contributed by atoms with van der Waals surface area (Å²) in [4.78, 5) is 13.3. The second kappa shape index (κ2) is 5.64. The molecule has 2 nitrogen and oxygen atoms in total. The average Bonchev–Trinajstić information content (AvgIpc) is 2.90. The fourth-order valence-electron chi connectivity index (χ4n) is 3.48. The van der Waals surface area contributed by atoms with Gasteiger partial charge in [0.1, 0.15) is 5.54 Å². The molecule has 1 aliphatic rings. The van der Waals surface area contributed by atoms with Gasteiger partial charge in [-0.25, -0.2) is 0 Å². The number of carbonyl (C=O) groups is 1. The lowest BCUT2D eigenvalue weighted by Crippen LogP contribution is -2.40. The Hall–Kier alpha value is -2.87. The SMILES string of the molecule is Cc1ccc(C2(Cc3ccccc3)Nc3ccccc3C2=O)cc1. The van der Waals surface area contributed by atoms with Gasteiger partial charge in [0.25, 0.3) is 0 Å². The summed E-state index contributed by atoms with van der Waals surface area (Å²) in [5.74, 6) is 0.144. The molecule has 0 saturated carbocycles. The Bertz CT molecular complexity index is 883. The largest absolute Gasteiger partial charge is 0.368 e. The molecule has 1 atom stereocenters. The lowest BCUT2D eigenvalue weighted by atomic mass is 9.80. The number of Topliss-reactive ketones (excluding diaryl/α,β-unsaturated/α-hetero) is 1. The predicted molar refractivity (Wildman–Crippen MR) is 97.4 cm³/mol. The first-order valence-corrected chi connectivity index (χ1v) is 8.22. The molecule has 0 radical (unpaired) electrons.